The van der Waals surface area contributed by atoms with Crippen LogP contribution in [0.4, 0.5) is 0 Å². The van der Waals surface area contributed by atoms with Crippen LogP contribution in [0.5, 0.6) is 0 Å². The zero-order valence-corrected chi connectivity index (χ0v) is 9.43. The molecule has 2 atom stereocenters. The number of nitrogens with one attached hydrogen (secondary N) is 1. The van der Waals surface area contributed by atoms with E-state index in [1.54, 1.807) is 7.11 Å². The number of aryl methyl sites for hydroxylation is 1. The molecule has 1 fully saturated rings. The first-order valence-corrected chi connectivity index (χ1v) is 5.42. The lowest BCUT2D eigenvalue weighted by Crippen LogP contribution is -2.08. The van der Waals surface area contributed by atoms with Gasteiger partial charge >= 0.3 is 0 Å². The Bertz CT molecular complexity index is 368. The number of aromatic amines is 1. The van der Waals surface area contributed by atoms with E-state index in [1.807, 2.05) is 6.92 Å². The van der Waals surface area contributed by atoms with Crippen LogP contribution in [-0.2, 0) is 4.74 Å². The first-order chi connectivity index (χ1) is 6.70. The highest BCUT2D eigenvalue weighted by atomic mass is 32.1. The van der Waals surface area contributed by atoms with Gasteiger partial charge in [0.15, 0.2) is 4.77 Å². The quantitative estimate of drug-likeness (QED) is 0.764. The Morgan fingerprint density at radius 1 is 1.57 bits per heavy atom. The van der Waals surface area contributed by atoms with E-state index >= 15 is 0 Å². The number of ether oxygens (including phenoxy) is 1. The summed E-state index contributed by atoms with van der Waals surface area (Å²) in [6, 6.07) is 0.525. The summed E-state index contributed by atoms with van der Waals surface area (Å²) >= 11 is 5.25. The molecule has 0 aromatic carbocycles. The molecule has 4 heteroatoms. The highest BCUT2D eigenvalue weighted by molar-refractivity contribution is 7.71. The highest BCUT2D eigenvalue weighted by Gasteiger charge is 2.25. The third-order valence-electron chi connectivity index (χ3n) is 2.95. The number of H-pyrrole nitrogens is 1. The minimum absolute atomic E-state index is 0.414. The van der Waals surface area contributed by atoms with Crippen LogP contribution in [0, 0.1) is 11.7 Å². The van der Waals surface area contributed by atoms with Gasteiger partial charge in [0.1, 0.15) is 0 Å². The summed E-state index contributed by atoms with van der Waals surface area (Å²) in [5, 5.41) is 0. The second-order valence-electron chi connectivity index (χ2n) is 3.97. The minimum atomic E-state index is 0.414. The van der Waals surface area contributed by atoms with E-state index in [9.17, 15) is 0 Å². The van der Waals surface area contributed by atoms with Crippen molar-refractivity contribution in [2.24, 2.45) is 0 Å². The molecule has 1 aromatic heterocycles. The third kappa shape index (κ3) is 1.77. The minimum Gasteiger partial charge on any atom is -0.381 e. The number of methoxy groups -OCH3 is 1. The molecule has 1 saturated carbocycles. The third-order valence-corrected chi connectivity index (χ3v) is 3.27. The number of imidazole rings is 1. The van der Waals surface area contributed by atoms with Gasteiger partial charge in [-0.3, -0.25) is 0 Å². The lowest BCUT2D eigenvalue weighted by atomic mass is 10.2. The van der Waals surface area contributed by atoms with Crippen LogP contribution in [0.15, 0.2) is 6.20 Å². The van der Waals surface area contributed by atoms with Crippen LogP contribution in [-0.4, -0.2) is 22.8 Å². The van der Waals surface area contributed by atoms with Gasteiger partial charge in [-0.15, -0.1) is 0 Å². The fraction of sp³-hybridized carbons (Fsp3) is 0.700. The van der Waals surface area contributed by atoms with Gasteiger partial charge in [0, 0.05) is 25.0 Å². The molecule has 1 heterocycles. The standard InChI is InChI=1S/C10H16N2OS/c1-7-6-12(10(14)11-7)8-3-4-9(5-8)13-2/h6,8-9H,3-5H2,1-2H3,(H,11,14). The molecule has 2 rings (SSSR count). The molecule has 1 aliphatic carbocycles. The van der Waals surface area contributed by atoms with Crippen molar-refractivity contribution in [3.63, 3.8) is 0 Å². The molecule has 0 aliphatic heterocycles. The van der Waals surface area contributed by atoms with E-state index in [2.05, 4.69) is 15.7 Å². The Kier molecular flexibility index (Phi) is 2.74. The summed E-state index contributed by atoms with van der Waals surface area (Å²) in [4.78, 5) is 3.15. The molecule has 0 saturated heterocycles. The van der Waals surface area contributed by atoms with Gasteiger partial charge in [-0.2, -0.15) is 0 Å². The molecule has 78 valence electrons. The van der Waals surface area contributed by atoms with Gasteiger partial charge in [0.25, 0.3) is 0 Å². The predicted octanol–water partition coefficient (Wildman–Crippen LogP) is 2.59. The molecule has 0 bridgehead atoms. The first kappa shape index (κ1) is 9.93. The topological polar surface area (TPSA) is 29.9 Å². The lowest BCUT2D eigenvalue weighted by Gasteiger charge is -2.11. The number of nitrogens with zero attached hydrogens (tertiary/aromatic N) is 1. The van der Waals surface area contributed by atoms with Crippen molar-refractivity contribution in [1.29, 1.82) is 0 Å². The molecule has 1 N–H and O–H groups in total. The van der Waals surface area contributed by atoms with Crippen molar-refractivity contribution in [3.05, 3.63) is 16.7 Å². The molecule has 0 spiro atoms. The Morgan fingerprint density at radius 3 is 2.86 bits per heavy atom. The summed E-state index contributed by atoms with van der Waals surface area (Å²) in [5.41, 5.74) is 1.14. The molecular formula is C10H16N2OS. The normalized spacial score (nSPS) is 27.0. The van der Waals surface area contributed by atoms with E-state index in [-0.39, 0.29) is 0 Å². The van der Waals surface area contributed by atoms with E-state index < -0.39 is 0 Å². The van der Waals surface area contributed by atoms with Crippen molar-refractivity contribution in [1.82, 2.24) is 9.55 Å². The second kappa shape index (κ2) is 3.87. The number of aromatic nitrogens is 2. The SMILES string of the molecule is COC1CCC(n2cc(C)[nH]c2=S)C1. The molecule has 2 unspecified atom stereocenters. The molecule has 0 amide bonds. The van der Waals surface area contributed by atoms with Gasteiger partial charge in [0.2, 0.25) is 0 Å². The smallest absolute Gasteiger partial charge is 0.177 e. The average molecular weight is 212 g/mol. The maximum absolute atomic E-state index is 5.35. The van der Waals surface area contributed by atoms with E-state index in [0.717, 1.165) is 23.3 Å². The van der Waals surface area contributed by atoms with Crippen molar-refractivity contribution in [3.8, 4) is 0 Å². The van der Waals surface area contributed by atoms with E-state index in [4.69, 9.17) is 17.0 Å². The van der Waals surface area contributed by atoms with Crippen LogP contribution >= 0.6 is 12.2 Å². The predicted molar refractivity (Wildman–Crippen MR) is 58.0 cm³/mol. The van der Waals surface area contributed by atoms with Crippen molar-refractivity contribution >= 4 is 12.2 Å². The summed E-state index contributed by atoms with van der Waals surface area (Å²) in [6.45, 7) is 2.04. The van der Waals surface area contributed by atoms with Crippen LogP contribution in [0.25, 0.3) is 0 Å². The summed E-state index contributed by atoms with van der Waals surface area (Å²) in [6.07, 6.45) is 5.92. The van der Waals surface area contributed by atoms with Gasteiger partial charge < -0.3 is 14.3 Å². The maximum Gasteiger partial charge on any atom is 0.177 e. The van der Waals surface area contributed by atoms with Crippen molar-refractivity contribution < 1.29 is 4.74 Å². The second-order valence-corrected chi connectivity index (χ2v) is 4.36. The Labute approximate surface area is 89.1 Å². The Balaban J connectivity index is 2.17. The maximum atomic E-state index is 5.35. The molecular weight excluding hydrogens is 196 g/mol. The van der Waals surface area contributed by atoms with Crippen molar-refractivity contribution in [2.75, 3.05) is 7.11 Å². The fourth-order valence-electron chi connectivity index (χ4n) is 2.19. The van der Waals surface area contributed by atoms with Crippen LogP contribution < -0.4 is 0 Å². The fourth-order valence-corrected chi connectivity index (χ4v) is 2.55. The van der Waals surface area contributed by atoms with Gasteiger partial charge in [-0.05, 0) is 38.4 Å². The van der Waals surface area contributed by atoms with Crippen LogP contribution in [0.1, 0.15) is 31.0 Å². The average Bonchev–Trinajstić information content (AvgIpc) is 2.71. The number of hydrogen-bond donors (Lipinski definition) is 1. The molecule has 1 aliphatic rings. The summed E-state index contributed by atoms with van der Waals surface area (Å²) in [5.74, 6) is 0. The summed E-state index contributed by atoms with van der Waals surface area (Å²) in [7, 11) is 1.79. The molecule has 0 radical (unpaired) electrons. The molecule has 1 aromatic rings. The van der Waals surface area contributed by atoms with Crippen molar-refractivity contribution in [2.45, 2.75) is 38.3 Å². The zero-order chi connectivity index (χ0) is 10.1. The first-order valence-electron chi connectivity index (χ1n) is 5.01. The van der Waals surface area contributed by atoms with Gasteiger partial charge in [-0.1, -0.05) is 0 Å². The Hall–Kier alpha value is -0.610. The number of hydrogen-bond acceptors (Lipinski definition) is 2. The van der Waals surface area contributed by atoms with Gasteiger partial charge in [0.05, 0.1) is 6.10 Å². The van der Waals surface area contributed by atoms with E-state index in [0.29, 0.717) is 12.1 Å². The molecule has 14 heavy (non-hydrogen) atoms. The highest BCUT2D eigenvalue weighted by Crippen LogP contribution is 2.31. The van der Waals surface area contributed by atoms with Gasteiger partial charge in [-0.25, -0.2) is 0 Å². The van der Waals surface area contributed by atoms with Crippen LogP contribution in [0.2, 0.25) is 0 Å². The zero-order valence-electron chi connectivity index (χ0n) is 8.62. The molecule has 3 nitrogen and oxygen atoms in total. The Morgan fingerprint density at radius 2 is 2.36 bits per heavy atom. The lowest BCUT2D eigenvalue weighted by molar-refractivity contribution is 0.106. The number of rotatable bonds is 2. The monoisotopic (exact) mass is 212 g/mol. The van der Waals surface area contributed by atoms with E-state index in [1.165, 1.54) is 6.42 Å². The van der Waals surface area contributed by atoms with Crippen LogP contribution in [0.3, 0.4) is 0 Å². The largest absolute Gasteiger partial charge is 0.381 e. The summed E-state index contributed by atoms with van der Waals surface area (Å²) < 4.78 is 8.36.